The van der Waals surface area contributed by atoms with Crippen LogP contribution in [0.2, 0.25) is 0 Å². The number of unbranched alkanes of at least 4 members (excludes halogenated alkanes) is 2. The molecule has 0 radical (unpaired) electrons. The molecule has 0 amide bonds. The third-order valence-electron chi connectivity index (χ3n) is 4.75. The highest BCUT2D eigenvalue weighted by atomic mass is 16.5. The minimum absolute atomic E-state index is 0.616. The van der Waals surface area contributed by atoms with E-state index in [2.05, 4.69) is 61.5 Å². The third-order valence-corrected chi connectivity index (χ3v) is 4.75. The van der Waals surface area contributed by atoms with Crippen LogP contribution in [0.1, 0.15) is 38.7 Å². The molecule has 3 rings (SSSR count). The predicted molar refractivity (Wildman–Crippen MR) is 113 cm³/mol. The highest BCUT2D eigenvalue weighted by molar-refractivity contribution is 5.88. The SMILES string of the molecule is CC=CCOc1ccc2cc(-c3ccc(CCCCC)cc3)ccc2c1. The van der Waals surface area contributed by atoms with Crippen LogP contribution >= 0.6 is 0 Å². The molecule has 1 heteroatoms. The van der Waals surface area contributed by atoms with Gasteiger partial charge in [-0.25, -0.2) is 0 Å². The van der Waals surface area contributed by atoms with Gasteiger partial charge < -0.3 is 4.74 Å². The molecule has 0 heterocycles. The maximum absolute atomic E-state index is 5.74. The van der Waals surface area contributed by atoms with Crippen LogP contribution in [0.15, 0.2) is 72.8 Å². The van der Waals surface area contributed by atoms with Gasteiger partial charge in [0.15, 0.2) is 0 Å². The smallest absolute Gasteiger partial charge is 0.120 e. The molecule has 0 saturated heterocycles. The molecule has 0 N–H and O–H groups in total. The fraction of sp³-hybridized carbons (Fsp3) is 0.280. The second-order valence-corrected chi connectivity index (χ2v) is 6.76. The molecule has 1 nitrogen and oxygen atoms in total. The Balaban J connectivity index is 1.75. The summed E-state index contributed by atoms with van der Waals surface area (Å²) in [5, 5.41) is 2.45. The van der Waals surface area contributed by atoms with Gasteiger partial charge in [0.25, 0.3) is 0 Å². The van der Waals surface area contributed by atoms with Crippen LogP contribution < -0.4 is 4.74 Å². The van der Waals surface area contributed by atoms with Gasteiger partial charge in [-0.3, -0.25) is 0 Å². The minimum Gasteiger partial charge on any atom is -0.490 e. The summed E-state index contributed by atoms with van der Waals surface area (Å²) in [6.07, 6.45) is 9.07. The lowest BCUT2D eigenvalue weighted by Crippen LogP contribution is -1.92. The maximum atomic E-state index is 5.74. The summed E-state index contributed by atoms with van der Waals surface area (Å²) in [4.78, 5) is 0. The van der Waals surface area contributed by atoms with Crippen molar-refractivity contribution in [3.05, 3.63) is 78.4 Å². The van der Waals surface area contributed by atoms with Gasteiger partial charge in [-0.05, 0) is 65.4 Å². The Hall–Kier alpha value is -2.54. The zero-order valence-electron chi connectivity index (χ0n) is 15.9. The molecule has 0 bridgehead atoms. The summed E-state index contributed by atoms with van der Waals surface area (Å²) < 4.78 is 5.74. The summed E-state index contributed by atoms with van der Waals surface area (Å²) >= 11 is 0. The summed E-state index contributed by atoms with van der Waals surface area (Å²) in [5.41, 5.74) is 3.98. The fourth-order valence-corrected chi connectivity index (χ4v) is 3.18. The van der Waals surface area contributed by atoms with E-state index in [9.17, 15) is 0 Å². The lowest BCUT2D eigenvalue weighted by molar-refractivity contribution is 0.363. The molecule has 3 aromatic carbocycles. The average molecular weight is 344 g/mol. The lowest BCUT2D eigenvalue weighted by Gasteiger charge is -2.08. The molecule has 0 aliphatic heterocycles. The van der Waals surface area contributed by atoms with Crippen LogP contribution in [0.25, 0.3) is 21.9 Å². The first-order valence-corrected chi connectivity index (χ1v) is 9.67. The van der Waals surface area contributed by atoms with Crippen molar-refractivity contribution >= 4 is 10.8 Å². The van der Waals surface area contributed by atoms with Gasteiger partial charge in [0, 0.05) is 0 Å². The van der Waals surface area contributed by atoms with Gasteiger partial charge in [-0.15, -0.1) is 0 Å². The van der Waals surface area contributed by atoms with Gasteiger partial charge in [-0.1, -0.05) is 74.4 Å². The largest absolute Gasteiger partial charge is 0.490 e. The Morgan fingerprint density at radius 2 is 1.54 bits per heavy atom. The van der Waals surface area contributed by atoms with Crippen molar-refractivity contribution < 1.29 is 4.74 Å². The van der Waals surface area contributed by atoms with Gasteiger partial charge in [-0.2, -0.15) is 0 Å². The summed E-state index contributed by atoms with van der Waals surface area (Å²) in [6.45, 7) is 4.87. The van der Waals surface area contributed by atoms with Crippen LogP contribution in [0.5, 0.6) is 5.75 Å². The van der Waals surface area contributed by atoms with Crippen LogP contribution in [0.3, 0.4) is 0 Å². The van der Waals surface area contributed by atoms with Crippen molar-refractivity contribution in [1.29, 1.82) is 0 Å². The van der Waals surface area contributed by atoms with Gasteiger partial charge in [0.2, 0.25) is 0 Å². The highest BCUT2D eigenvalue weighted by Gasteiger charge is 2.02. The quantitative estimate of drug-likeness (QED) is 0.310. The van der Waals surface area contributed by atoms with E-state index in [1.165, 1.54) is 53.1 Å². The molecule has 0 aliphatic rings. The predicted octanol–water partition coefficient (Wildman–Crippen LogP) is 7.19. The average Bonchev–Trinajstić information content (AvgIpc) is 2.68. The first kappa shape index (κ1) is 18.3. The van der Waals surface area contributed by atoms with Gasteiger partial charge in [0.1, 0.15) is 12.4 Å². The number of hydrogen-bond donors (Lipinski definition) is 0. The van der Waals surface area contributed by atoms with Crippen molar-refractivity contribution in [3.8, 4) is 16.9 Å². The Morgan fingerprint density at radius 1 is 0.808 bits per heavy atom. The normalized spacial score (nSPS) is 11.3. The van der Waals surface area contributed by atoms with Crippen LogP contribution in [-0.4, -0.2) is 6.61 Å². The standard InChI is InChI=1S/C25H28O/c1-3-5-7-8-20-9-11-21(12-10-20)22-13-14-24-19-25(26-17-6-4-2)16-15-23(24)18-22/h4,6,9-16,18-19H,3,5,7-8,17H2,1-2H3. The number of rotatable bonds is 8. The van der Waals surface area contributed by atoms with E-state index in [4.69, 9.17) is 4.74 Å². The van der Waals surface area contributed by atoms with Crippen LogP contribution in [0, 0.1) is 0 Å². The molecule has 0 fully saturated rings. The zero-order chi connectivity index (χ0) is 18.2. The number of ether oxygens (including phenoxy) is 1. The molecule has 26 heavy (non-hydrogen) atoms. The molecule has 0 atom stereocenters. The van der Waals surface area contributed by atoms with Crippen molar-refractivity contribution in [1.82, 2.24) is 0 Å². The molecule has 0 spiro atoms. The van der Waals surface area contributed by atoms with Crippen molar-refractivity contribution in [2.45, 2.75) is 39.5 Å². The van der Waals surface area contributed by atoms with Crippen molar-refractivity contribution in [2.24, 2.45) is 0 Å². The molecular formula is C25H28O. The lowest BCUT2D eigenvalue weighted by atomic mass is 9.99. The second kappa shape index (κ2) is 9.24. The fourth-order valence-electron chi connectivity index (χ4n) is 3.18. The molecule has 0 unspecified atom stereocenters. The van der Waals surface area contributed by atoms with Crippen molar-refractivity contribution in [3.63, 3.8) is 0 Å². The topological polar surface area (TPSA) is 9.23 Å². The third kappa shape index (κ3) is 4.76. The van der Waals surface area contributed by atoms with E-state index in [0.717, 1.165) is 5.75 Å². The minimum atomic E-state index is 0.616. The summed E-state index contributed by atoms with van der Waals surface area (Å²) in [6, 6.07) is 22.0. The van der Waals surface area contributed by atoms with Crippen LogP contribution in [-0.2, 0) is 6.42 Å². The number of aryl methyl sites for hydroxylation is 1. The maximum Gasteiger partial charge on any atom is 0.120 e. The first-order valence-electron chi connectivity index (χ1n) is 9.67. The summed E-state index contributed by atoms with van der Waals surface area (Å²) in [7, 11) is 0. The monoisotopic (exact) mass is 344 g/mol. The Bertz CT molecular complexity index is 859. The van der Waals surface area contributed by atoms with Gasteiger partial charge >= 0.3 is 0 Å². The number of allylic oxidation sites excluding steroid dienone is 1. The molecule has 3 aromatic rings. The molecule has 134 valence electrons. The number of hydrogen-bond acceptors (Lipinski definition) is 1. The Kier molecular flexibility index (Phi) is 6.49. The molecule has 0 aliphatic carbocycles. The van der Waals surface area contributed by atoms with Crippen molar-refractivity contribution in [2.75, 3.05) is 6.61 Å². The molecular weight excluding hydrogens is 316 g/mol. The molecule has 0 saturated carbocycles. The van der Waals surface area contributed by atoms with E-state index in [0.29, 0.717) is 6.61 Å². The van der Waals surface area contributed by atoms with Crippen LogP contribution in [0.4, 0.5) is 0 Å². The summed E-state index contributed by atoms with van der Waals surface area (Å²) in [5.74, 6) is 0.916. The first-order chi connectivity index (χ1) is 12.8. The Morgan fingerprint density at radius 3 is 2.31 bits per heavy atom. The second-order valence-electron chi connectivity index (χ2n) is 6.76. The Labute approximate surface area is 157 Å². The molecule has 0 aromatic heterocycles. The number of benzene rings is 3. The van der Waals surface area contributed by atoms with E-state index in [1.807, 2.05) is 25.1 Å². The van der Waals surface area contributed by atoms with Gasteiger partial charge in [0.05, 0.1) is 0 Å². The van der Waals surface area contributed by atoms with E-state index in [-0.39, 0.29) is 0 Å². The van der Waals surface area contributed by atoms with E-state index >= 15 is 0 Å². The van der Waals surface area contributed by atoms with E-state index < -0.39 is 0 Å². The highest BCUT2D eigenvalue weighted by Crippen LogP contribution is 2.27. The van der Waals surface area contributed by atoms with E-state index in [1.54, 1.807) is 0 Å². The number of fused-ring (bicyclic) bond motifs is 1. The zero-order valence-corrected chi connectivity index (χ0v) is 15.9.